The first kappa shape index (κ1) is 27.6. The average Bonchev–Trinajstić information content (AvgIpc) is 3.39. The van der Waals surface area contributed by atoms with Gasteiger partial charge in [-0.15, -0.1) is 0 Å². The fourth-order valence-electron chi connectivity index (χ4n) is 5.09. The maximum absolute atomic E-state index is 13.0. The molecule has 0 saturated heterocycles. The molecule has 9 nitrogen and oxygen atoms in total. The number of methoxy groups -OCH3 is 1. The quantitative estimate of drug-likeness (QED) is 0.170. The van der Waals surface area contributed by atoms with E-state index in [9.17, 15) is 9.90 Å². The van der Waals surface area contributed by atoms with Gasteiger partial charge in [-0.25, -0.2) is 4.98 Å². The van der Waals surface area contributed by atoms with Crippen LogP contribution in [0.15, 0.2) is 53.5 Å². The third kappa shape index (κ3) is 5.82. The Balaban J connectivity index is 1.39. The van der Waals surface area contributed by atoms with Gasteiger partial charge in [0.15, 0.2) is 0 Å². The van der Waals surface area contributed by atoms with Gasteiger partial charge < -0.3 is 30.5 Å². The van der Waals surface area contributed by atoms with E-state index in [1.54, 1.807) is 30.5 Å². The number of H-pyrrole nitrogens is 2. The summed E-state index contributed by atoms with van der Waals surface area (Å²) in [7, 11) is 1.54. The predicted octanol–water partition coefficient (Wildman–Crippen LogP) is 5.16. The number of aryl methyl sites for hydroxylation is 1. The predicted molar refractivity (Wildman–Crippen MR) is 161 cm³/mol. The minimum Gasteiger partial charge on any atom is -0.495 e. The summed E-state index contributed by atoms with van der Waals surface area (Å²) in [5.41, 5.74) is 6.40. The van der Waals surface area contributed by atoms with Gasteiger partial charge in [0.2, 0.25) is 0 Å². The molecule has 0 unspecified atom stereocenters. The molecule has 0 radical (unpaired) electrons. The van der Waals surface area contributed by atoms with Crippen LogP contribution in [0.3, 0.4) is 0 Å². The normalized spacial score (nSPS) is 14.7. The fraction of sp³-hybridized carbons (Fsp3) is 0.300. The summed E-state index contributed by atoms with van der Waals surface area (Å²) in [6.07, 6.45) is 6.15. The number of hydrogen-bond acceptors (Lipinski definition) is 7. The summed E-state index contributed by atoms with van der Waals surface area (Å²) in [6.45, 7) is 4.93. The Bertz CT molecular complexity index is 1630. The van der Waals surface area contributed by atoms with Crippen molar-refractivity contribution in [2.45, 2.75) is 25.9 Å². The van der Waals surface area contributed by atoms with Gasteiger partial charge in [0.1, 0.15) is 17.1 Å². The highest BCUT2D eigenvalue weighted by Gasteiger charge is 2.19. The van der Waals surface area contributed by atoms with Gasteiger partial charge in [-0.05, 0) is 78.6 Å². The minimum absolute atomic E-state index is 0.160. The third-order valence-electron chi connectivity index (χ3n) is 7.27. The van der Waals surface area contributed by atoms with Crippen LogP contribution in [0.25, 0.3) is 28.0 Å². The summed E-state index contributed by atoms with van der Waals surface area (Å²) >= 11 is 6.23. The number of anilines is 1. The third-order valence-corrected chi connectivity index (χ3v) is 7.57. The molecule has 40 heavy (non-hydrogen) atoms. The van der Waals surface area contributed by atoms with E-state index in [2.05, 4.69) is 38.4 Å². The summed E-state index contributed by atoms with van der Waals surface area (Å²) in [5.74, 6) is 0.989. The Kier molecular flexibility index (Phi) is 8.35. The lowest BCUT2D eigenvalue weighted by molar-refractivity contribution is 0.191. The van der Waals surface area contributed by atoms with E-state index >= 15 is 0 Å². The van der Waals surface area contributed by atoms with Gasteiger partial charge in [0, 0.05) is 32.4 Å². The van der Waals surface area contributed by atoms with Crippen molar-refractivity contribution in [2.75, 3.05) is 38.6 Å². The number of nitrogens with zero attached hydrogens (tertiary/aromatic N) is 2. The van der Waals surface area contributed by atoms with Crippen LogP contribution in [-0.4, -0.2) is 64.5 Å². The standard InChI is InChI=1S/C30H33ClN6O3/c1-18-14-21(19-7-12-37(13-8-19)11-3-9-32)16-24-28(18)36-29(35-24)27-23(6-10-33-30(27)39)34-17-25(38)20-4-5-26(40-2)22(31)15-20/h4-7,9-10,14-16,25,32,38H,3,8,11-13,17H2,1-2H3,(H,35,36)(H2,33,34,39)/t25-/m1/s1. The number of aliphatic hydroxyl groups excluding tert-OH is 1. The molecular weight excluding hydrogens is 528 g/mol. The molecule has 0 spiro atoms. The van der Waals surface area contributed by atoms with Gasteiger partial charge in [-0.2, -0.15) is 0 Å². The second-order valence-corrected chi connectivity index (χ2v) is 10.3. The second kappa shape index (κ2) is 12.1. The number of pyridine rings is 1. The first-order valence-corrected chi connectivity index (χ1v) is 13.6. The fourth-order valence-corrected chi connectivity index (χ4v) is 5.36. The van der Waals surface area contributed by atoms with E-state index in [0.29, 0.717) is 33.4 Å². The lowest BCUT2D eigenvalue weighted by atomic mass is 9.97. The van der Waals surface area contributed by atoms with E-state index in [1.165, 1.54) is 18.9 Å². The number of nitrogens with one attached hydrogen (secondary N) is 4. The first-order chi connectivity index (χ1) is 19.4. The molecule has 5 N–H and O–H groups in total. The maximum atomic E-state index is 13.0. The molecule has 208 valence electrons. The number of imidazole rings is 1. The van der Waals surface area contributed by atoms with Crippen molar-refractivity contribution in [1.29, 1.82) is 5.41 Å². The molecule has 2 aromatic carbocycles. The molecule has 0 aliphatic carbocycles. The first-order valence-electron chi connectivity index (χ1n) is 13.3. The lowest BCUT2D eigenvalue weighted by Gasteiger charge is -2.26. The Hall–Kier alpha value is -3.92. The van der Waals surface area contributed by atoms with Crippen molar-refractivity contribution in [3.63, 3.8) is 0 Å². The zero-order valence-electron chi connectivity index (χ0n) is 22.6. The van der Waals surface area contributed by atoms with Gasteiger partial charge in [0.05, 0.1) is 35.0 Å². The zero-order chi connectivity index (χ0) is 28.2. The summed E-state index contributed by atoms with van der Waals surface area (Å²) in [6, 6.07) is 11.1. The van der Waals surface area contributed by atoms with E-state index in [0.717, 1.165) is 54.6 Å². The van der Waals surface area contributed by atoms with E-state index in [4.69, 9.17) is 26.7 Å². The van der Waals surface area contributed by atoms with Gasteiger partial charge in [-0.3, -0.25) is 9.69 Å². The topological polar surface area (TPSA) is 130 Å². The highest BCUT2D eigenvalue weighted by Crippen LogP contribution is 2.31. The number of rotatable bonds is 10. The number of fused-ring (bicyclic) bond motifs is 1. The number of aromatic amines is 2. The smallest absolute Gasteiger partial charge is 0.261 e. The average molecular weight is 561 g/mol. The van der Waals surface area contributed by atoms with Crippen molar-refractivity contribution >= 4 is 40.1 Å². The molecular formula is C30H33ClN6O3. The van der Waals surface area contributed by atoms with Crippen molar-refractivity contribution in [2.24, 2.45) is 0 Å². The molecule has 10 heteroatoms. The SMILES string of the molecule is COc1ccc([C@H](O)CNc2cc[nH]c(=O)c2-c2nc3c(C)cc(C4=CCN(CCC=N)CC4)cc3[nH]2)cc1Cl. The largest absolute Gasteiger partial charge is 0.495 e. The highest BCUT2D eigenvalue weighted by atomic mass is 35.5. The van der Waals surface area contributed by atoms with Crippen LogP contribution in [0.2, 0.25) is 5.02 Å². The Morgan fingerprint density at radius 2 is 2.15 bits per heavy atom. The zero-order valence-corrected chi connectivity index (χ0v) is 23.3. The Morgan fingerprint density at radius 1 is 1.30 bits per heavy atom. The number of ether oxygens (including phenoxy) is 1. The maximum Gasteiger partial charge on any atom is 0.261 e. The molecule has 3 heterocycles. The monoisotopic (exact) mass is 560 g/mol. The molecule has 0 amide bonds. The van der Waals surface area contributed by atoms with Crippen molar-refractivity contribution < 1.29 is 9.84 Å². The molecule has 2 aromatic heterocycles. The van der Waals surface area contributed by atoms with Crippen LogP contribution in [0, 0.1) is 12.3 Å². The van der Waals surface area contributed by atoms with Crippen LogP contribution in [0.1, 0.15) is 35.6 Å². The van der Waals surface area contributed by atoms with Crippen molar-refractivity contribution in [3.05, 3.63) is 80.7 Å². The molecule has 0 saturated carbocycles. The number of aromatic nitrogens is 3. The summed E-state index contributed by atoms with van der Waals surface area (Å²) in [5, 5.41) is 21.7. The molecule has 5 rings (SSSR count). The lowest BCUT2D eigenvalue weighted by Crippen LogP contribution is -2.29. The number of aliphatic hydroxyl groups is 1. The number of halogens is 1. The Labute approximate surface area is 237 Å². The highest BCUT2D eigenvalue weighted by molar-refractivity contribution is 6.32. The second-order valence-electron chi connectivity index (χ2n) is 9.93. The van der Waals surface area contributed by atoms with E-state index < -0.39 is 6.10 Å². The molecule has 0 fully saturated rings. The molecule has 4 aromatic rings. The molecule has 1 aliphatic heterocycles. The van der Waals surface area contributed by atoms with Crippen LogP contribution in [0.5, 0.6) is 5.75 Å². The molecule has 1 atom stereocenters. The summed E-state index contributed by atoms with van der Waals surface area (Å²) in [4.78, 5) is 26.2. The minimum atomic E-state index is -0.860. The van der Waals surface area contributed by atoms with Gasteiger partial charge >= 0.3 is 0 Å². The van der Waals surface area contributed by atoms with Crippen LogP contribution < -0.4 is 15.6 Å². The molecule has 0 bridgehead atoms. The number of benzene rings is 2. The van der Waals surface area contributed by atoms with Crippen LogP contribution in [-0.2, 0) is 0 Å². The Morgan fingerprint density at radius 3 is 2.88 bits per heavy atom. The van der Waals surface area contributed by atoms with Crippen molar-refractivity contribution in [1.82, 2.24) is 19.9 Å². The van der Waals surface area contributed by atoms with Gasteiger partial charge in [-0.1, -0.05) is 23.7 Å². The van der Waals surface area contributed by atoms with Crippen LogP contribution >= 0.6 is 11.6 Å². The van der Waals surface area contributed by atoms with Crippen LogP contribution in [0.4, 0.5) is 5.69 Å². The van der Waals surface area contributed by atoms with Gasteiger partial charge in [0.25, 0.3) is 5.56 Å². The van der Waals surface area contributed by atoms with Crippen molar-refractivity contribution in [3.8, 4) is 17.1 Å². The number of hydrogen-bond donors (Lipinski definition) is 5. The van der Waals surface area contributed by atoms with E-state index in [-0.39, 0.29) is 12.1 Å². The summed E-state index contributed by atoms with van der Waals surface area (Å²) < 4.78 is 5.19. The van der Waals surface area contributed by atoms with E-state index in [1.807, 2.05) is 6.92 Å². The molecule has 1 aliphatic rings.